The number of nitrogens with zero attached hydrogens (tertiary/aromatic N) is 1. The zero-order valence-electron chi connectivity index (χ0n) is 16.1. The summed E-state index contributed by atoms with van der Waals surface area (Å²) in [5.41, 5.74) is 3.00. The van der Waals surface area contributed by atoms with Crippen LogP contribution in [-0.2, 0) is 0 Å². The first-order valence-electron chi connectivity index (χ1n) is 10.5. The predicted octanol–water partition coefficient (Wildman–Crippen LogP) is 6.63. The smallest absolute Gasteiger partial charge is 0.0991 e. The third kappa shape index (κ3) is 5.25. The molecule has 0 saturated heterocycles. The summed E-state index contributed by atoms with van der Waals surface area (Å²) in [6.45, 7) is 2.31. The zero-order chi connectivity index (χ0) is 18.2. The number of allylic oxidation sites excluding steroid dienone is 2. The Bertz CT molecular complexity index is 699. The average molecular weight is 346 g/mol. The third-order valence-corrected chi connectivity index (χ3v) is 6.36. The van der Waals surface area contributed by atoms with E-state index in [9.17, 15) is 0 Å². The van der Waals surface area contributed by atoms with Crippen LogP contribution in [0.1, 0.15) is 82.3 Å². The summed E-state index contributed by atoms with van der Waals surface area (Å²) in [6.07, 6.45) is 16.2. The number of unbranched alkanes of at least 4 members (excludes halogenated alkanes) is 1. The first-order valence-corrected chi connectivity index (χ1v) is 10.5. The molecule has 26 heavy (non-hydrogen) atoms. The fourth-order valence-corrected chi connectivity index (χ4v) is 4.62. The maximum absolute atomic E-state index is 8.85. The van der Waals surface area contributed by atoms with Crippen LogP contribution in [-0.4, -0.2) is 0 Å². The summed E-state index contributed by atoms with van der Waals surface area (Å²) in [5.74, 6) is 9.48. The highest BCUT2D eigenvalue weighted by Crippen LogP contribution is 2.40. The molecule has 0 radical (unpaired) electrons. The quantitative estimate of drug-likeness (QED) is 0.562. The molecule has 1 unspecified atom stereocenters. The van der Waals surface area contributed by atoms with Crippen LogP contribution < -0.4 is 0 Å². The van der Waals surface area contributed by atoms with Crippen molar-refractivity contribution in [3.63, 3.8) is 0 Å². The lowest BCUT2D eigenvalue weighted by atomic mass is 9.71. The van der Waals surface area contributed by atoms with Crippen molar-refractivity contribution in [1.82, 2.24) is 0 Å². The Morgan fingerprint density at radius 3 is 2.27 bits per heavy atom. The minimum Gasteiger partial charge on any atom is -0.192 e. The Morgan fingerprint density at radius 1 is 0.923 bits per heavy atom. The van der Waals surface area contributed by atoms with Gasteiger partial charge in [0.25, 0.3) is 0 Å². The van der Waals surface area contributed by atoms with Gasteiger partial charge in [0, 0.05) is 5.56 Å². The summed E-state index contributed by atoms with van der Waals surface area (Å²) >= 11 is 0. The Morgan fingerprint density at radius 2 is 1.65 bits per heavy atom. The van der Waals surface area contributed by atoms with Gasteiger partial charge >= 0.3 is 0 Å². The van der Waals surface area contributed by atoms with Crippen LogP contribution in [0.2, 0.25) is 0 Å². The number of hydrogen-bond acceptors (Lipinski definition) is 1. The van der Waals surface area contributed by atoms with Gasteiger partial charge in [0.1, 0.15) is 0 Å². The molecular weight excluding hydrogens is 314 g/mol. The first kappa shape index (κ1) is 18.8. The lowest BCUT2D eigenvalue weighted by Gasteiger charge is -2.35. The highest BCUT2D eigenvalue weighted by Gasteiger charge is 2.28. The summed E-state index contributed by atoms with van der Waals surface area (Å²) in [5, 5.41) is 8.85. The van der Waals surface area contributed by atoms with Crippen LogP contribution in [0.15, 0.2) is 35.9 Å². The second kappa shape index (κ2) is 9.64. The fourth-order valence-electron chi connectivity index (χ4n) is 4.62. The summed E-state index contributed by atoms with van der Waals surface area (Å²) in [7, 11) is 0. The second-order valence-electron chi connectivity index (χ2n) is 8.13. The lowest BCUT2D eigenvalue weighted by molar-refractivity contribution is 0.186. The van der Waals surface area contributed by atoms with Crippen molar-refractivity contribution in [2.24, 2.45) is 17.8 Å². The summed E-state index contributed by atoms with van der Waals surface area (Å²) in [4.78, 5) is 0. The van der Waals surface area contributed by atoms with E-state index in [1.165, 1.54) is 63.4 Å². The molecule has 0 bridgehead atoms. The summed E-state index contributed by atoms with van der Waals surface area (Å²) in [6, 6.07) is 9.71. The molecule has 1 heteroatoms. The molecule has 136 valence electrons. The first-order chi connectivity index (χ1) is 12.8. The SMILES string of the molecule is CCCCC1CCC(C2CC=C(C#Cc3ccc(C#N)cc3)CC2)CC1. The molecule has 0 N–H and O–H groups in total. The Kier molecular flexibility index (Phi) is 6.96. The standard InChI is InChI=1S/C25H31N/c1-2-3-4-20-11-15-24(16-12-20)25-17-13-22(14-18-25)6-5-21-7-9-23(19-26)10-8-21/h7-10,13,20,24-25H,2-4,11-12,14-18H2,1H3. The van der Waals surface area contributed by atoms with Gasteiger partial charge in [-0.05, 0) is 79.7 Å². The second-order valence-corrected chi connectivity index (χ2v) is 8.13. The van der Waals surface area contributed by atoms with E-state index in [1.807, 2.05) is 24.3 Å². The molecular formula is C25H31N. The Hall–Kier alpha value is -1.99. The van der Waals surface area contributed by atoms with E-state index in [1.54, 1.807) is 0 Å². The zero-order valence-corrected chi connectivity index (χ0v) is 16.1. The van der Waals surface area contributed by atoms with Gasteiger partial charge in [-0.15, -0.1) is 0 Å². The Balaban J connectivity index is 1.48. The molecule has 0 spiro atoms. The van der Waals surface area contributed by atoms with E-state index >= 15 is 0 Å². The number of nitriles is 1. The highest BCUT2D eigenvalue weighted by atomic mass is 14.3. The third-order valence-electron chi connectivity index (χ3n) is 6.36. The maximum atomic E-state index is 8.85. The van der Waals surface area contributed by atoms with Gasteiger partial charge in [0.2, 0.25) is 0 Å². The largest absolute Gasteiger partial charge is 0.192 e. The number of benzene rings is 1. The molecule has 3 rings (SSSR count). The molecule has 0 aliphatic heterocycles. The van der Waals surface area contributed by atoms with Crippen LogP contribution >= 0.6 is 0 Å². The number of hydrogen-bond donors (Lipinski definition) is 0. The minimum atomic E-state index is 0.694. The van der Waals surface area contributed by atoms with Crippen molar-refractivity contribution in [1.29, 1.82) is 5.26 Å². The maximum Gasteiger partial charge on any atom is 0.0991 e. The van der Waals surface area contributed by atoms with E-state index in [-0.39, 0.29) is 0 Å². The molecule has 0 aromatic heterocycles. The van der Waals surface area contributed by atoms with Crippen molar-refractivity contribution in [3.8, 4) is 17.9 Å². The van der Waals surface area contributed by atoms with E-state index in [0.29, 0.717) is 5.56 Å². The molecule has 1 fully saturated rings. The van der Waals surface area contributed by atoms with E-state index in [0.717, 1.165) is 29.7 Å². The Labute approximate surface area is 159 Å². The molecule has 0 heterocycles. The average Bonchev–Trinajstić information content (AvgIpc) is 2.72. The van der Waals surface area contributed by atoms with Gasteiger partial charge in [0.05, 0.1) is 11.6 Å². The van der Waals surface area contributed by atoms with Gasteiger partial charge in [-0.2, -0.15) is 5.26 Å². The van der Waals surface area contributed by atoms with Crippen molar-refractivity contribution in [2.75, 3.05) is 0 Å². The van der Waals surface area contributed by atoms with E-state index in [4.69, 9.17) is 5.26 Å². The van der Waals surface area contributed by atoms with E-state index < -0.39 is 0 Å². The summed E-state index contributed by atoms with van der Waals surface area (Å²) < 4.78 is 0. The molecule has 2 aliphatic carbocycles. The van der Waals surface area contributed by atoms with Crippen LogP contribution in [0.4, 0.5) is 0 Å². The molecule has 0 amide bonds. The van der Waals surface area contributed by atoms with Gasteiger partial charge in [-0.1, -0.05) is 56.9 Å². The van der Waals surface area contributed by atoms with Crippen LogP contribution in [0, 0.1) is 40.9 Å². The molecule has 1 aromatic carbocycles. The fraction of sp³-hybridized carbons (Fsp3) is 0.560. The van der Waals surface area contributed by atoms with Crippen molar-refractivity contribution in [2.45, 2.75) is 71.1 Å². The number of rotatable bonds is 4. The van der Waals surface area contributed by atoms with Gasteiger partial charge in [-0.25, -0.2) is 0 Å². The van der Waals surface area contributed by atoms with Crippen LogP contribution in [0.25, 0.3) is 0 Å². The highest BCUT2D eigenvalue weighted by molar-refractivity contribution is 5.43. The minimum absolute atomic E-state index is 0.694. The topological polar surface area (TPSA) is 23.8 Å². The molecule has 1 saturated carbocycles. The van der Waals surface area contributed by atoms with Crippen LogP contribution in [0.5, 0.6) is 0 Å². The normalized spacial score (nSPS) is 25.5. The van der Waals surface area contributed by atoms with Gasteiger partial charge in [-0.3, -0.25) is 0 Å². The van der Waals surface area contributed by atoms with Crippen molar-refractivity contribution >= 4 is 0 Å². The monoisotopic (exact) mass is 345 g/mol. The molecule has 1 aromatic rings. The molecule has 1 nitrogen and oxygen atoms in total. The molecule has 2 aliphatic rings. The van der Waals surface area contributed by atoms with Crippen molar-refractivity contribution in [3.05, 3.63) is 47.0 Å². The van der Waals surface area contributed by atoms with Crippen LogP contribution in [0.3, 0.4) is 0 Å². The molecule has 1 atom stereocenters. The van der Waals surface area contributed by atoms with Gasteiger partial charge in [0.15, 0.2) is 0 Å². The van der Waals surface area contributed by atoms with E-state index in [2.05, 4.69) is 30.9 Å². The van der Waals surface area contributed by atoms with Gasteiger partial charge < -0.3 is 0 Å². The van der Waals surface area contributed by atoms with Crippen molar-refractivity contribution < 1.29 is 0 Å². The lowest BCUT2D eigenvalue weighted by Crippen LogP contribution is -2.23. The predicted molar refractivity (Wildman–Crippen MR) is 108 cm³/mol.